The summed E-state index contributed by atoms with van der Waals surface area (Å²) in [7, 11) is 1.60. The summed E-state index contributed by atoms with van der Waals surface area (Å²) in [6.07, 6.45) is 1.41. The molecule has 3 aromatic heterocycles. The summed E-state index contributed by atoms with van der Waals surface area (Å²) in [6.45, 7) is 6.01. The molecule has 0 bridgehead atoms. The largest absolute Gasteiger partial charge is 0.486 e. The van der Waals surface area contributed by atoms with Crippen LogP contribution < -0.4 is 15.0 Å². The number of fused-ring (bicyclic) bond motifs is 2. The van der Waals surface area contributed by atoms with Gasteiger partial charge in [-0.05, 0) is 44.5 Å². The average molecular weight is 494 g/mol. The molecular weight excluding hydrogens is 470 g/mol. The molecule has 0 spiro atoms. The monoisotopic (exact) mass is 493 g/mol. The number of hydrogen-bond acceptors (Lipinski definition) is 8. The molecule has 0 radical (unpaired) electrons. The molecule has 1 aliphatic rings. The number of ketones is 1. The minimum absolute atomic E-state index is 0.231. The Labute approximate surface area is 204 Å². The van der Waals surface area contributed by atoms with Gasteiger partial charge in [-0.3, -0.25) is 9.59 Å². The van der Waals surface area contributed by atoms with Crippen LogP contribution in [0.5, 0.6) is 11.5 Å². The Hall–Kier alpha value is -3.92. The van der Waals surface area contributed by atoms with Crippen LogP contribution in [0.2, 0.25) is 0 Å². The topological polar surface area (TPSA) is 102 Å². The van der Waals surface area contributed by atoms with E-state index in [1.165, 1.54) is 10.9 Å². The molecule has 0 unspecified atom stereocenters. The molecule has 9 nitrogen and oxygen atoms in total. The predicted octanol–water partition coefficient (Wildman–Crippen LogP) is 3.52. The molecule has 0 atom stereocenters. The van der Waals surface area contributed by atoms with Gasteiger partial charge in [-0.25, -0.2) is 9.78 Å². The van der Waals surface area contributed by atoms with E-state index in [0.29, 0.717) is 46.1 Å². The molecule has 180 valence electrons. The third-order valence-electron chi connectivity index (χ3n) is 6.05. The number of aryl methyl sites for hydroxylation is 3. The van der Waals surface area contributed by atoms with Gasteiger partial charge in [-0.1, -0.05) is 0 Å². The van der Waals surface area contributed by atoms with E-state index in [1.54, 1.807) is 20.0 Å². The molecule has 10 heteroatoms. The third-order valence-corrected chi connectivity index (χ3v) is 7.23. The third kappa shape index (κ3) is 3.89. The van der Waals surface area contributed by atoms with Gasteiger partial charge >= 0.3 is 5.97 Å². The van der Waals surface area contributed by atoms with Crippen LogP contribution >= 0.6 is 11.3 Å². The van der Waals surface area contributed by atoms with Crippen molar-refractivity contribution >= 4 is 33.3 Å². The average Bonchev–Trinajstić information content (AvgIpc) is 3.35. The van der Waals surface area contributed by atoms with Gasteiger partial charge in [-0.2, -0.15) is 0 Å². The summed E-state index contributed by atoms with van der Waals surface area (Å²) in [4.78, 5) is 43.1. The molecule has 0 amide bonds. The quantitative estimate of drug-likeness (QED) is 0.310. The number of Topliss-reactive ketones (excluding diaryl/α,β-unsaturated/α-hetero) is 1. The van der Waals surface area contributed by atoms with Crippen LogP contribution in [-0.4, -0.2) is 45.7 Å². The lowest BCUT2D eigenvalue weighted by molar-refractivity contribution is 0.0479. The van der Waals surface area contributed by atoms with Crippen molar-refractivity contribution in [2.75, 3.05) is 19.8 Å². The maximum atomic E-state index is 13.0. The number of thiophene rings is 1. The summed E-state index contributed by atoms with van der Waals surface area (Å²) in [5.74, 6) is 0.380. The molecule has 1 aromatic carbocycles. The van der Waals surface area contributed by atoms with Gasteiger partial charge in [0.05, 0.1) is 11.7 Å². The Balaban J connectivity index is 1.36. The van der Waals surface area contributed by atoms with E-state index in [0.717, 1.165) is 28.4 Å². The minimum atomic E-state index is -0.651. The number of carbonyl (C=O) groups is 2. The zero-order valence-corrected chi connectivity index (χ0v) is 20.5. The lowest BCUT2D eigenvalue weighted by Gasteiger charge is -2.20. The number of carbonyl (C=O) groups excluding carboxylic acids is 2. The Morgan fingerprint density at radius 2 is 1.86 bits per heavy atom. The lowest BCUT2D eigenvalue weighted by Crippen LogP contribution is -2.17. The van der Waals surface area contributed by atoms with E-state index in [1.807, 2.05) is 36.6 Å². The second kappa shape index (κ2) is 8.70. The summed E-state index contributed by atoms with van der Waals surface area (Å²) >= 11 is 1.08. The van der Waals surface area contributed by atoms with Gasteiger partial charge < -0.3 is 23.3 Å². The first-order valence-corrected chi connectivity index (χ1v) is 11.8. The fourth-order valence-electron chi connectivity index (χ4n) is 4.29. The minimum Gasteiger partial charge on any atom is -0.486 e. The van der Waals surface area contributed by atoms with Gasteiger partial charge in [0.1, 0.15) is 22.9 Å². The van der Waals surface area contributed by atoms with Gasteiger partial charge in [0.15, 0.2) is 18.1 Å². The van der Waals surface area contributed by atoms with Crippen LogP contribution in [-0.2, 0) is 11.8 Å². The van der Waals surface area contributed by atoms with E-state index in [2.05, 4.69) is 4.98 Å². The van der Waals surface area contributed by atoms with Crippen molar-refractivity contribution in [3.63, 3.8) is 0 Å². The van der Waals surface area contributed by atoms with Crippen LogP contribution in [0.15, 0.2) is 35.4 Å². The molecule has 5 rings (SSSR count). The summed E-state index contributed by atoms with van der Waals surface area (Å²) in [5.41, 5.74) is 3.17. The predicted molar refractivity (Wildman–Crippen MR) is 130 cm³/mol. The molecule has 1 aliphatic heterocycles. The Bertz CT molecular complexity index is 1560. The summed E-state index contributed by atoms with van der Waals surface area (Å²) in [6, 6.07) is 7.41. The molecule has 4 heterocycles. The number of esters is 1. The highest BCUT2D eigenvalue weighted by atomic mass is 32.1. The van der Waals surface area contributed by atoms with Gasteiger partial charge in [-0.15, -0.1) is 11.3 Å². The standard InChI is InChI=1S/C25H23N3O6S/c1-13-9-17(15(3)28(13)16-5-6-19-20(10-16)33-8-7-32-19)18(29)11-34-25(31)22-14(2)21-23(35-22)26-12-27(4)24(21)30/h5-6,9-10,12H,7-8,11H2,1-4H3. The summed E-state index contributed by atoms with van der Waals surface area (Å²) in [5, 5.41) is 0.390. The Morgan fingerprint density at radius 3 is 2.63 bits per heavy atom. The van der Waals surface area contributed by atoms with Crippen LogP contribution in [0.3, 0.4) is 0 Å². The zero-order chi connectivity index (χ0) is 24.9. The van der Waals surface area contributed by atoms with Crippen LogP contribution in [0.4, 0.5) is 0 Å². The molecule has 0 saturated heterocycles. The molecule has 4 aromatic rings. The first-order valence-electron chi connectivity index (χ1n) is 11.0. The number of nitrogens with zero attached hydrogens (tertiary/aromatic N) is 3. The van der Waals surface area contributed by atoms with Crippen molar-refractivity contribution in [2.45, 2.75) is 20.8 Å². The first kappa shape index (κ1) is 22.9. The molecule has 35 heavy (non-hydrogen) atoms. The van der Waals surface area contributed by atoms with Gasteiger partial charge in [0, 0.05) is 35.8 Å². The first-order chi connectivity index (χ1) is 16.8. The maximum absolute atomic E-state index is 13.0. The number of benzene rings is 1. The highest BCUT2D eigenvalue weighted by Gasteiger charge is 2.23. The normalized spacial score (nSPS) is 12.7. The molecule has 0 saturated carbocycles. The fourth-order valence-corrected chi connectivity index (χ4v) is 5.32. The van der Waals surface area contributed by atoms with E-state index in [9.17, 15) is 14.4 Å². The Kier molecular flexibility index (Phi) is 5.68. The highest BCUT2D eigenvalue weighted by molar-refractivity contribution is 7.20. The summed E-state index contributed by atoms with van der Waals surface area (Å²) < 4.78 is 19.9. The maximum Gasteiger partial charge on any atom is 0.349 e. The number of hydrogen-bond donors (Lipinski definition) is 0. The molecule has 0 aliphatic carbocycles. The number of ether oxygens (including phenoxy) is 3. The highest BCUT2D eigenvalue weighted by Crippen LogP contribution is 2.33. The van der Waals surface area contributed by atoms with Crippen molar-refractivity contribution in [1.82, 2.24) is 14.1 Å². The zero-order valence-electron chi connectivity index (χ0n) is 19.7. The van der Waals surface area contributed by atoms with E-state index < -0.39 is 12.6 Å². The van der Waals surface area contributed by atoms with Crippen molar-refractivity contribution in [1.29, 1.82) is 0 Å². The van der Waals surface area contributed by atoms with Crippen LogP contribution in [0.25, 0.3) is 15.9 Å². The van der Waals surface area contributed by atoms with E-state index in [-0.39, 0.29) is 16.2 Å². The van der Waals surface area contributed by atoms with Crippen molar-refractivity contribution < 1.29 is 23.8 Å². The van der Waals surface area contributed by atoms with E-state index >= 15 is 0 Å². The van der Waals surface area contributed by atoms with Crippen molar-refractivity contribution in [2.24, 2.45) is 7.05 Å². The SMILES string of the molecule is Cc1c(C(=O)OCC(=O)c2cc(C)n(-c3ccc4c(c3)OCCO4)c2C)sc2ncn(C)c(=O)c12. The van der Waals surface area contributed by atoms with E-state index in [4.69, 9.17) is 14.2 Å². The fraction of sp³-hybridized carbons (Fsp3) is 0.280. The second-order valence-corrected chi connectivity index (χ2v) is 9.34. The molecule has 0 fully saturated rings. The lowest BCUT2D eigenvalue weighted by atomic mass is 10.1. The second-order valence-electron chi connectivity index (χ2n) is 8.34. The van der Waals surface area contributed by atoms with Gasteiger partial charge in [0.25, 0.3) is 5.56 Å². The molecule has 0 N–H and O–H groups in total. The smallest absolute Gasteiger partial charge is 0.349 e. The van der Waals surface area contributed by atoms with Crippen LogP contribution in [0.1, 0.15) is 37.0 Å². The number of aromatic nitrogens is 3. The number of rotatable bonds is 5. The van der Waals surface area contributed by atoms with Crippen LogP contribution in [0, 0.1) is 20.8 Å². The molecular formula is C25H23N3O6S. The Morgan fingerprint density at radius 1 is 1.11 bits per heavy atom. The van der Waals surface area contributed by atoms with Gasteiger partial charge in [0.2, 0.25) is 5.78 Å². The van der Waals surface area contributed by atoms with Crippen molar-refractivity contribution in [3.05, 3.63) is 68.3 Å². The van der Waals surface area contributed by atoms with Crippen molar-refractivity contribution in [3.8, 4) is 17.2 Å².